The van der Waals surface area contributed by atoms with Gasteiger partial charge in [0, 0.05) is 51.2 Å². The molecule has 0 spiro atoms. The van der Waals surface area contributed by atoms with E-state index in [0.29, 0.717) is 12.1 Å². The van der Waals surface area contributed by atoms with Gasteiger partial charge in [-0.25, -0.2) is 0 Å². The summed E-state index contributed by atoms with van der Waals surface area (Å²) in [6.45, 7) is 4.52. The van der Waals surface area contributed by atoms with Crippen molar-refractivity contribution in [1.82, 2.24) is 25.5 Å². The quantitative estimate of drug-likeness (QED) is 0.322. The van der Waals surface area contributed by atoms with Gasteiger partial charge in [0.1, 0.15) is 0 Å². The molecule has 5 heteroatoms. The average molecular weight is 504 g/mol. The van der Waals surface area contributed by atoms with Crippen molar-refractivity contribution in [2.24, 2.45) is 0 Å². The Morgan fingerprint density at radius 2 is 1.58 bits per heavy atom. The molecule has 194 valence electrons. The Kier molecular flexibility index (Phi) is 7.87. The van der Waals surface area contributed by atoms with Gasteiger partial charge in [-0.1, -0.05) is 60.7 Å². The second-order valence-electron chi connectivity index (χ2n) is 10.7. The molecule has 2 atom stereocenters. The SMILES string of the molecule is c1ccc(CNCc2ccc(CN(C[C@H]3Cc4ccccc4CN3)[C@H]3CCCc4cccnc43)cc2)nc1. The molecule has 0 saturated carbocycles. The van der Waals surface area contributed by atoms with Crippen molar-refractivity contribution in [3.8, 4) is 0 Å². The third-order valence-electron chi connectivity index (χ3n) is 8.00. The summed E-state index contributed by atoms with van der Waals surface area (Å²) in [5.41, 5.74) is 9.35. The van der Waals surface area contributed by atoms with Gasteiger partial charge in [0.15, 0.2) is 0 Å². The first-order valence-corrected chi connectivity index (χ1v) is 14.0. The molecule has 2 aromatic carbocycles. The third-order valence-corrected chi connectivity index (χ3v) is 8.00. The van der Waals surface area contributed by atoms with E-state index in [1.165, 1.54) is 46.4 Å². The number of nitrogens with one attached hydrogen (secondary N) is 2. The van der Waals surface area contributed by atoms with E-state index in [1.807, 2.05) is 24.5 Å². The van der Waals surface area contributed by atoms with Gasteiger partial charge in [0.2, 0.25) is 0 Å². The number of nitrogens with zero attached hydrogens (tertiary/aromatic N) is 3. The monoisotopic (exact) mass is 503 g/mol. The first kappa shape index (κ1) is 24.9. The van der Waals surface area contributed by atoms with Crippen LogP contribution < -0.4 is 10.6 Å². The molecule has 2 aromatic heterocycles. The maximum atomic E-state index is 4.89. The zero-order valence-corrected chi connectivity index (χ0v) is 22.0. The summed E-state index contributed by atoms with van der Waals surface area (Å²) < 4.78 is 0. The highest BCUT2D eigenvalue weighted by Crippen LogP contribution is 2.34. The number of rotatable bonds is 9. The van der Waals surface area contributed by atoms with Crippen LogP contribution in [0.1, 0.15) is 58.1 Å². The molecule has 1 aliphatic heterocycles. The van der Waals surface area contributed by atoms with E-state index in [4.69, 9.17) is 4.98 Å². The molecular formula is C33H37N5. The van der Waals surface area contributed by atoms with Crippen LogP contribution >= 0.6 is 0 Å². The molecule has 5 nitrogen and oxygen atoms in total. The van der Waals surface area contributed by atoms with Crippen LogP contribution in [-0.2, 0) is 39.0 Å². The molecule has 38 heavy (non-hydrogen) atoms. The van der Waals surface area contributed by atoms with E-state index in [0.717, 1.165) is 51.3 Å². The van der Waals surface area contributed by atoms with Crippen molar-refractivity contribution in [2.75, 3.05) is 6.54 Å². The Bertz CT molecular complexity index is 1320. The molecule has 4 aromatic rings. The molecule has 0 amide bonds. The van der Waals surface area contributed by atoms with Gasteiger partial charge in [0.25, 0.3) is 0 Å². The predicted molar refractivity (Wildman–Crippen MR) is 152 cm³/mol. The van der Waals surface area contributed by atoms with Gasteiger partial charge < -0.3 is 10.6 Å². The Labute approximate surface area is 226 Å². The van der Waals surface area contributed by atoms with Crippen molar-refractivity contribution in [1.29, 1.82) is 0 Å². The standard InChI is InChI=1S/C33H37N5/c1-2-8-29-21-37-31(19-28(29)7-1)24-38(32-12-5-9-27-10-6-18-36-33(27)32)23-26-15-13-25(14-16-26)20-34-22-30-11-3-4-17-35-30/h1-4,6-8,10-11,13-18,31-32,34,37H,5,9,12,19-24H2/t31-,32+/m1/s1. The molecule has 0 bridgehead atoms. The van der Waals surface area contributed by atoms with Gasteiger partial charge >= 0.3 is 0 Å². The fraction of sp³-hybridized carbons (Fsp3) is 0.333. The molecule has 0 radical (unpaired) electrons. The van der Waals surface area contributed by atoms with E-state index >= 15 is 0 Å². The number of fused-ring (bicyclic) bond motifs is 2. The summed E-state index contributed by atoms with van der Waals surface area (Å²) in [7, 11) is 0. The number of aromatic nitrogens is 2. The molecule has 6 rings (SSSR count). The van der Waals surface area contributed by atoms with Crippen LogP contribution in [0, 0.1) is 0 Å². The highest BCUT2D eigenvalue weighted by Gasteiger charge is 2.30. The number of hydrogen-bond acceptors (Lipinski definition) is 5. The van der Waals surface area contributed by atoms with Crippen LogP contribution in [0.15, 0.2) is 91.3 Å². The lowest BCUT2D eigenvalue weighted by molar-refractivity contribution is 0.145. The van der Waals surface area contributed by atoms with Gasteiger partial charge in [-0.2, -0.15) is 0 Å². The Morgan fingerprint density at radius 3 is 2.45 bits per heavy atom. The summed E-state index contributed by atoms with van der Waals surface area (Å²) in [5, 5.41) is 7.34. The largest absolute Gasteiger partial charge is 0.308 e. The summed E-state index contributed by atoms with van der Waals surface area (Å²) in [6, 6.07) is 29.2. The molecule has 0 unspecified atom stereocenters. The van der Waals surface area contributed by atoms with Crippen LogP contribution in [-0.4, -0.2) is 27.5 Å². The van der Waals surface area contributed by atoms with E-state index < -0.39 is 0 Å². The Morgan fingerprint density at radius 1 is 0.789 bits per heavy atom. The van der Waals surface area contributed by atoms with Crippen LogP contribution in [0.25, 0.3) is 0 Å². The highest BCUT2D eigenvalue weighted by molar-refractivity contribution is 5.31. The minimum Gasteiger partial charge on any atom is -0.308 e. The fourth-order valence-corrected chi connectivity index (χ4v) is 6.01. The normalized spacial score (nSPS) is 18.7. The lowest BCUT2D eigenvalue weighted by Gasteiger charge is -2.38. The first-order chi connectivity index (χ1) is 18.8. The van der Waals surface area contributed by atoms with Crippen LogP contribution in [0.5, 0.6) is 0 Å². The maximum Gasteiger partial charge on any atom is 0.0607 e. The molecule has 2 aliphatic rings. The van der Waals surface area contributed by atoms with Gasteiger partial charge in [-0.3, -0.25) is 14.9 Å². The number of hydrogen-bond donors (Lipinski definition) is 2. The van der Waals surface area contributed by atoms with E-state index in [1.54, 1.807) is 0 Å². The Hall–Kier alpha value is -3.38. The van der Waals surface area contributed by atoms with Crippen molar-refractivity contribution in [2.45, 2.75) is 63.9 Å². The van der Waals surface area contributed by atoms with Crippen molar-refractivity contribution in [3.05, 3.63) is 130 Å². The minimum atomic E-state index is 0.360. The molecule has 1 aliphatic carbocycles. The minimum absolute atomic E-state index is 0.360. The lowest BCUT2D eigenvalue weighted by atomic mass is 9.89. The number of benzene rings is 2. The molecule has 0 saturated heterocycles. The van der Waals surface area contributed by atoms with Gasteiger partial charge in [-0.05, 0) is 71.7 Å². The van der Waals surface area contributed by atoms with Crippen molar-refractivity contribution < 1.29 is 0 Å². The molecule has 2 N–H and O–H groups in total. The zero-order chi connectivity index (χ0) is 25.6. The Balaban J connectivity index is 1.16. The second kappa shape index (κ2) is 12.0. The predicted octanol–water partition coefficient (Wildman–Crippen LogP) is 5.36. The maximum absolute atomic E-state index is 4.89. The average Bonchev–Trinajstić information content (AvgIpc) is 2.98. The summed E-state index contributed by atoms with van der Waals surface area (Å²) >= 11 is 0. The van der Waals surface area contributed by atoms with Gasteiger partial charge in [0.05, 0.1) is 17.4 Å². The summed E-state index contributed by atoms with van der Waals surface area (Å²) in [4.78, 5) is 12.0. The summed E-state index contributed by atoms with van der Waals surface area (Å²) in [5.74, 6) is 0. The topological polar surface area (TPSA) is 53.1 Å². The van der Waals surface area contributed by atoms with Crippen molar-refractivity contribution in [3.63, 3.8) is 0 Å². The smallest absolute Gasteiger partial charge is 0.0607 e. The summed E-state index contributed by atoms with van der Waals surface area (Å²) in [6.07, 6.45) is 8.43. The second-order valence-corrected chi connectivity index (χ2v) is 10.7. The number of pyridine rings is 2. The molecular weight excluding hydrogens is 466 g/mol. The van der Waals surface area contributed by atoms with Gasteiger partial charge in [-0.15, -0.1) is 0 Å². The first-order valence-electron chi connectivity index (χ1n) is 14.0. The van der Waals surface area contributed by atoms with E-state index in [9.17, 15) is 0 Å². The van der Waals surface area contributed by atoms with Crippen LogP contribution in [0.3, 0.4) is 0 Å². The van der Waals surface area contributed by atoms with E-state index in [-0.39, 0.29) is 0 Å². The van der Waals surface area contributed by atoms with E-state index in [2.05, 4.69) is 87.2 Å². The number of aryl methyl sites for hydroxylation is 1. The zero-order valence-electron chi connectivity index (χ0n) is 22.0. The van der Waals surface area contributed by atoms with Crippen LogP contribution in [0.4, 0.5) is 0 Å². The van der Waals surface area contributed by atoms with Crippen LogP contribution in [0.2, 0.25) is 0 Å². The molecule has 3 heterocycles. The third kappa shape index (κ3) is 6.02. The highest BCUT2D eigenvalue weighted by atomic mass is 15.2. The lowest BCUT2D eigenvalue weighted by Crippen LogP contribution is -2.46. The fourth-order valence-electron chi connectivity index (χ4n) is 6.01. The molecule has 0 fully saturated rings. The van der Waals surface area contributed by atoms with Crippen molar-refractivity contribution >= 4 is 0 Å².